The highest BCUT2D eigenvalue weighted by molar-refractivity contribution is 5.99. The van der Waals surface area contributed by atoms with E-state index in [9.17, 15) is 4.79 Å². The number of nitrogens with two attached hydrogens (primary N) is 1. The van der Waals surface area contributed by atoms with Crippen molar-refractivity contribution in [3.63, 3.8) is 0 Å². The van der Waals surface area contributed by atoms with Crippen molar-refractivity contribution in [2.45, 2.75) is 13.8 Å². The minimum Gasteiger partial charge on any atom is -0.350 e. The van der Waals surface area contributed by atoms with E-state index in [1.165, 1.54) is 0 Å². The minimum atomic E-state index is -0.675. The highest BCUT2D eigenvalue weighted by Crippen LogP contribution is 2.05. The topological polar surface area (TPSA) is 85.3 Å². The van der Waals surface area contributed by atoms with Crippen LogP contribution in [0.25, 0.3) is 0 Å². The number of hydrogen-bond acceptors (Lipinski definition) is 3. The molecule has 0 bridgehead atoms. The van der Waals surface area contributed by atoms with Crippen molar-refractivity contribution >= 4 is 11.7 Å². The number of urea groups is 1. The number of rotatable bonds is 2. The number of hydrazone groups is 1. The Kier molecular flexibility index (Phi) is 2.85. The molecule has 0 aromatic carbocycles. The monoisotopic (exact) mass is 195 g/mol. The standard InChI is InChI=1S/C8H13N5O/c1-5(10-11-8(9)14)7-4-13(3)12-6(7)2/h4H,1-3H3,(H3,9,11,14). The number of aryl methyl sites for hydroxylation is 2. The molecular weight excluding hydrogens is 182 g/mol. The highest BCUT2D eigenvalue weighted by atomic mass is 16.2. The fraction of sp³-hybridized carbons (Fsp3) is 0.375. The molecular formula is C8H13N5O. The van der Waals surface area contributed by atoms with Crippen molar-refractivity contribution in [2.24, 2.45) is 17.9 Å². The van der Waals surface area contributed by atoms with Gasteiger partial charge in [-0.15, -0.1) is 0 Å². The molecule has 1 rings (SSSR count). The lowest BCUT2D eigenvalue weighted by Crippen LogP contribution is -2.25. The molecule has 0 fully saturated rings. The predicted molar refractivity (Wildman–Crippen MR) is 52.9 cm³/mol. The number of nitrogens with zero attached hydrogens (tertiary/aromatic N) is 3. The van der Waals surface area contributed by atoms with Crippen molar-refractivity contribution in [3.05, 3.63) is 17.5 Å². The van der Waals surface area contributed by atoms with Gasteiger partial charge in [0.15, 0.2) is 0 Å². The summed E-state index contributed by atoms with van der Waals surface area (Å²) in [5.41, 5.74) is 9.48. The zero-order chi connectivity index (χ0) is 10.7. The van der Waals surface area contributed by atoms with Crippen molar-refractivity contribution in [2.75, 3.05) is 0 Å². The maximum Gasteiger partial charge on any atom is 0.332 e. The molecule has 0 saturated carbocycles. The maximum absolute atomic E-state index is 10.4. The van der Waals surface area contributed by atoms with E-state index >= 15 is 0 Å². The Hall–Kier alpha value is -1.85. The van der Waals surface area contributed by atoms with Gasteiger partial charge in [0.25, 0.3) is 0 Å². The second kappa shape index (κ2) is 3.91. The molecule has 0 saturated heterocycles. The van der Waals surface area contributed by atoms with Crippen LogP contribution in [0.4, 0.5) is 4.79 Å². The molecule has 2 amide bonds. The smallest absolute Gasteiger partial charge is 0.332 e. The summed E-state index contributed by atoms with van der Waals surface area (Å²) in [6.07, 6.45) is 1.83. The van der Waals surface area contributed by atoms with Crippen molar-refractivity contribution in [1.82, 2.24) is 15.2 Å². The highest BCUT2D eigenvalue weighted by Gasteiger charge is 2.05. The fourth-order valence-electron chi connectivity index (χ4n) is 1.15. The SMILES string of the molecule is CC(=NNC(N)=O)c1cn(C)nc1C. The van der Waals surface area contributed by atoms with E-state index in [1.807, 2.05) is 20.2 Å². The number of aromatic nitrogens is 2. The van der Waals surface area contributed by atoms with Gasteiger partial charge in [0, 0.05) is 18.8 Å². The third-order valence-electron chi connectivity index (χ3n) is 1.74. The molecule has 0 aliphatic heterocycles. The van der Waals surface area contributed by atoms with E-state index in [0.29, 0.717) is 5.71 Å². The largest absolute Gasteiger partial charge is 0.350 e. The lowest BCUT2D eigenvalue weighted by atomic mass is 10.2. The molecule has 1 heterocycles. The fourth-order valence-corrected chi connectivity index (χ4v) is 1.15. The van der Waals surface area contributed by atoms with Gasteiger partial charge in [-0.3, -0.25) is 4.68 Å². The second-order valence-corrected chi connectivity index (χ2v) is 2.98. The Morgan fingerprint density at radius 1 is 1.71 bits per heavy atom. The van der Waals surface area contributed by atoms with Crippen LogP contribution in [0.15, 0.2) is 11.3 Å². The van der Waals surface area contributed by atoms with Crippen LogP contribution in [-0.2, 0) is 7.05 Å². The molecule has 0 aliphatic carbocycles. The number of amides is 2. The lowest BCUT2D eigenvalue weighted by molar-refractivity contribution is 0.249. The van der Waals surface area contributed by atoms with Crippen molar-refractivity contribution < 1.29 is 4.79 Å². The Labute approximate surface area is 81.8 Å². The normalized spacial score (nSPS) is 11.5. The Bertz CT molecular complexity index is 379. The van der Waals surface area contributed by atoms with E-state index < -0.39 is 6.03 Å². The first-order valence-electron chi connectivity index (χ1n) is 4.11. The van der Waals surface area contributed by atoms with Crippen LogP contribution in [-0.4, -0.2) is 21.5 Å². The van der Waals surface area contributed by atoms with Gasteiger partial charge in [-0.05, 0) is 13.8 Å². The Morgan fingerprint density at radius 3 is 2.79 bits per heavy atom. The molecule has 0 atom stereocenters. The molecule has 0 aliphatic rings. The molecule has 0 unspecified atom stereocenters. The molecule has 0 spiro atoms. The summed E-state index contributed by atoms with van der Waals surface area (Å²) in [5, 5.41) is 7.96. The zero-order valence-electron chi connectivity index (χ0n) is 8.40. The summed E-state index contributed by atoms with van der Waals surface area (Å²) < 4.78 is 1.69. The molecule has 1 aromatic heterocycles. The average molecular weight is 195 g/mol. The number of hydrogen-bond donors (Lipinski definition) is 2. The molecule has 14 heavy (non-hydrogen) atoms. The molecule has 6 heteroatoms. The molecule has 76 valence electrons. The molecule has 3 N–H and O–H groups in total. The summed E-state index contributed by atoms with van der Waals surface area (Å²) in [7, 11) is 1.82. The Balaban J connectivity index is 2.88. The first kappa shape index (κ1) is 10.2. The third kappa shape index (κ3) is 2.32. The first-order valence-corrected chi connectivity index (χ1v) is 4.11. The van der Waals surface area contributed by atoms with Gasteiger partial charge >= 0.3 is 6.03 Å². The maximum atomic E-state index is 10.4. The first-order chi connectivity index (χ1) is 6.50. The summed E-state index contributed by atoms with van der Waals surface area (Å²) in [6.45, 7) is 3.65. The van der Waals surface area contributed by atoms with Crippen LogP contribution in [0.3, 0.4) is 0 Å². The average Bonchev–Trinajstić information content (AvgIpc) is 2.41. The lowest BCUT2D eigenvalue weighted by Gasteiger charge is -1.97. The number of carbonyl (C=O) groups excluding carboxylic acids is 1. The summed E-state index contributed by atoms with van der Waals surface area (Å²) in [4.78, 5) is 10.4. The van der Waals surface area contributed by atoms with Gasteiger partial charge < -0.3 is 5.73 Å². The number of nitrogens with one attached hydrogen (secondary N) is 1. The summed E-state index contributed by atoms with van der Waals surface area (Å²) in [5.74, 6) is 0. The summed E-state index contributed by atoms with van der Waals surface area (Å²) >= 11 is 0. The van der Waals surface area contributed by atoms with Gasteiger partial charge in [0.2, 0.25) is 0 Å². The van der Waals surface area contributed by atoms with Crippen LogP contribution < -0.4 is 11.2 Å². The van der Waals surface area contributed by atoms with Crippen LogP contribution in [0.2, 0.25) is 0 Å². The number of primary amides is 1. The van der Waals surface area contributed by atoms with Gasteiger partial charge in [0.05, 0.1) is 11.4 Å². The van der Waals surface area contributed by atoms with E-state index in [-0.39, 0.29) is 0 Å². The summed E-state index contributed by atoms with van der Waals surface area (Å²) in [6, 6.07) is -0.675. The second-order valence-electron chi connectivity index (χ2n) is 2.98. The third-order valence-corrected chi connectivity index (χ3v) is 1.74. The van der Waals surface area contributed by atoms with Crippen LogP contribution >= 0.6 is 0 Å². The van der Waals surface area contributed by atoms with E-state index in [1.54, 1.807) is 11.6 Å². The van der Waals surface area contributed by atoms with E-state index in [2.05, 4.69) is 15.6 Å². The van der Waals surface area contributed by atoms with Crippen molar-refractivity contribution in [1.29, 1.82) is 0 Å². The Morgan fingerprint density at radius 2 is 2.36 bits per heavy atom. The minimum absolute atomic E-state index is 0.675. The number of carbonyl (C=O) groups is 1. The van der Waals surface area contributed by atoms with E-state index in [4.69, 9.17) is 5.73 Å². The zero-order valence-corrected chi connectivity index (χ0v) is 8.40. The van der Waals surface area contributed by atoms with E-state index in [0.717, 1.165) is 11.3 Å². The molecule has 6 nitrogen and oxygen atoms in total. The van der Waals surface area contributed by atoms with Gasteiger partial charge in [-0.25, -0.2) is 10.2 Å². The molecule has 1 aromatic rings. The van der Waals surface area contributed by atoms with Crippen LogP contribution in [0.5, 0.6) is 0 Å². The van der Waals surface area contributed by atoms with Gasteiger partial charge in [-0.2, -0.15) is 10.2 Å². The van der Waals surface area contributed by atoms with Gasteiger partial charge in [0.1, 0.15) is 0 Å². The van der Waals surface area contributed by atoms with Gasteiger partial charge in [-0.1, -0.05) is 0 Å². The quantitative estimate of drug-likeness (QED) is 0.519. The van der Waals surface area contributed by atoms with Crippen LogP contribution in [0, 0.1) is 6.92 Å². The molecule has 0 radical (unpaired) electrons. The van der Waals surface area contributed by atoms with Crippen LogP contribution in [0.1, 0.15) is 18.2 Å². The predicted octanol–water partition coefficient (Wildman–Crippen LogP) is 0.121. The van der Waals surface area contributed by atoms with Crippen molar-refractivity contribution in [3.8, 4) is 0 Å².